The molecule has 5 heteroatoms. The van der Waals surface area contributed by atoms with Gasteiger partial charge in [-0.2, -0.15) is 0 Å². The summed E-state index contributed by atoms with van der Waals surface area (Å²) in [4.78, 5) is 0. The van der Waals surface area contributed by atoms with Gasteiger partial charge < -0.3 is 23.7 Å². The van der Waals surface area contributed by atoms with Crippen LogP contribution in [0.2, 0.25) is 0 Å². The Morgan fingerprint density at radius 2 is 1.58 bits per heavy atom. The molecular weight excluding hydrogens is 332 g/mol. The van der Waals surface area contributed by atoms with Gasteiger partial charge in [0.2, 0.25) is 0 Å². The van der Waals surface area contributed by atoms with E-state index in [0.29, 0.717) is 37.4 Å². The summed E-state index contributed by atoms with van der Waals surface area (Å²) in [6.45, 7) is 5.56. The van der Waals surface area contributed by atoms with Crippen LogP contribution in [0.25, 0.3) is 0 Å². The summed E-state index contributed by atoms with van der Waals surface area (Å²) in [5, 5.41) is 0. The van der Waals surface area contributed by atoms with Gasteiger partial charge in [-0.3, -0.25) is 0 Å². The highest BCUT2D eigenvalue weighted by atomic mass is 16.7. The summed E-state index contributed by atoms with van der Waals surface area (Å²) < 4.78 is 28.5. The molecule has 1 saturated carbocycles. The van der Waals surface area contributed by atoms with Gasteiger partial charge in [-0.25, -0.2) is 0 Å². The lowest BCUT2D eigenvalue weighted by Crippen LogP contribution is -2.35. The molecule has 2 aliphatic heterocycles. The monoisotopic (exact) mass is 362 g/mol. The van der Waals surface area contributed by atoms with E-state index in [4.69, 9.17) is 23.7 Å². The van der Waals surface area contributed by atoms with E-state index >= 15 is 0 Å². The van der Waals surface area contributed by atoms with Crippen molar-refractivity contribution in [1.29, 1.82) is 0 Å². The second kappa shape index (κ2) is 8.81. The quantitative estimate of drug-likeness (QED) is 0.421. The highest BCUT2D eigenvalue weighted by Crippen LogP contribution is 2.36. The molecular formula is C21H30O5. The van der Waals surface area contributed by atoms with Crippen LogP contribution in [0.3, 0.4) is 0 Å². The highest BCUT2D eigenvalue weighted by molar-refractivity contribution is 5.22. The number of benzene rings is 1. The zero-order valence-electron chi connectivity index (χ0n) is 15.6. The van der Waals surface area contributed by atoms with Crippen molar-refractivity contribution in [2.75, 3.05) is 33.2 Å². The van der Waals surface area contributed by atoms with Crippen LogP contribution in [0.4, 0.5) is 0 Å². The SMILES string of the molecule is Cc1ccc(C2OCC(C3CCC(OCOCC4CO4)CC3)CO2)cc1. The Morgan fingerprint density at radius 3 is 2.23 bits per heavy atom. The van der Waals surface area contributed by atoms with E-state index in [-0.39, 0.29) is 6.29 Å². The van der Waals surface area contributed by atoms with Crippen molar-refractivity contribution in [3.05, 3.63) is 35.4 Å². The number of hydrogen-bond acceptors (Lipinski definition) is 5. The van der Waals surface area contributed by atoms with Crippen molar-refractivity contribution < 1.29 is 23.7 Å². The van der Waals surface area contributed by atoms with E-state index < -0.39 is 0 Å². The molecule has 2 saturated heterocycles. The number of hydrogen-bond donors (Lipinski definition) is 0. The smallest absolute Gasteiger partial charge is 0.183 e. The molecule has 2 heterocycles. The molecule has 1 unspecified atom stereocenters. The first-order valence-corrected chi connectivity index (χ1v) is 9.88. The average molecular weight is 362 g/mol. The number of epoxide rings is 1. The lowest BCUT2D eigenvalue weighted by atomic mass is 9.79. The van der Waals surface area contributed by atoms with Gasteiger partial charge in [-0.05, 0) is 38.5 Å². The third kappa shape index (κ3) is 5.05. The van der Waals surface area contributed by atoms with Crippen LogP contribution in [0.5, 0.6) is 0 Å². The van der Waals surface area contributed by atoms with Gasteiger partial charge in [-0.1, -0.05) is 29.8 Å². The molecule has 0 bridgehead atoms. The molecule has 144 valence electrons. The van der Waals surface area contributed by atoms with Gasteiger partial charge in [0.1, 0.15) is 12.9 Å². The predicted molar refractivity (Wildman–Crippen MR) is 96.7 cm³/mol. The molecule has 1 aromatic rings. The molecule has 0 N–H and O–H groups in total. The lowest BCUT2D eigenvalue weighted by Gasteiger charge is -2.37. The Kier molecular flexibility index (Phi) is 6.23. The fourth-order valence-electron chi connectivity index (χ4n) is 3.92. The molecule has 1 aliphatic carbocycles. The first kappa shape index (κ1) is 18.4. The van der Waals surface area contributed by atoms with Crippen LogP contribution in [-0.4, -0.2) is 45.4 Å². The van der Waals surface area contributed by atoms with E-state index in [1.807, 2.05) is 0 Å². The van der Waals surface area contributed by atoms with Crippen molar-refractivity contribution in [2.24, 2.45) is 11.8 Å². The van der Waals surface area contributed by atoms with Crippen LogP contribution in [-0.2, 0) is 23.7 Å². The van der Waals surface area contributed by atoms with Crippen LogP contribution in [0.1, 0.15) is 43.1 Å². The molecule has 0 aromatic heterocycles. The van der Waals surface area contributed by atoms with Gasteiger partial charge in [0.15, 0.2) is 6.29 Å². The molecule has 0 spiro atoms. The number of ether oxygens (including phenoxy) is 5. The Balaban J connectivity index is 1.14. The normalized spacial score (nSPS) is 34.6. The summed E-state index contributed by atoms with van der Waals surface area (Å²) in [6.07, 6.45) is 5.00. The maximum atomic E-state index is 6.02. The molecule has 0 radical (unpaired) electrons. The summed E-state index contributed by atoms with van der Waals surface area (Å²) in [5.74, 6) is 1.18. The van der Waals surface area contributed by atoms with Crippen molar-refractivity contribution in [3.8, 4) is 0 Å². The zero-order valence-corrected chi connectivity index (χ0v) is 15.6. The topological polar surface area (TPSA) is 49.5 Å². The van der Waals surface area contributed by atoms with Gasteiger partial charge in [0, 0.05) is 11.5 Å². The number of aryl methyl sites for hydroxylation is 1. The number of rotatable bonds is 7. The van der Waals surface area contributed by atoms with Crippen molar-refractivity contribution in [1.82, 2.24) is 0 Å². The van der Waals surface area contributed by atoms with Crippen molar-refractivity contribution in [3.63, 3.8) is 0 Å². The first-order chi connectivity index (χ1) is 12.8. The lowest BCUT2D eigenvalue weighted by molar-refractivity contribution is -0.216. The third-order valence-electron chi connectivity index (χ3n) is 5.75. The highest BCUT2D eigenvalue weighted by Gasteiger charge is 2.32. The predicted octanol–water partition coefficient (Wildman–Crippen LogP) is 3.60. The van der Waals surface area contributed by atoms with Crippen LogP contribution in [0, 0.1) is 18.8 Å². The van der Waals surface area contributed by atoms with E-state index in [1.165, 1.54) is 18.4 Å². The largest absolute Gasteiger partial charge is 0.371 e. The zero-order chi connectivity index (χ0) is 17.8. The Morgan fingerprint density at radius 1 is 0.885 bits per heavy atom. The fraction of sp³-hybridized carbons (Fsp3) is 0.714. The second-order valence-corrected chi connectivity index (χ2v) is 7.82. The third-order valence-corrected chi connectivity index (χ3v) is 5.75. The van der Waals surface area contributed by atoms with E-state index in [0.717, 1.165) is 38.2 Å². The van der Waals surface area contributed by atoms with E-state index in [9.17, 15) is 0 Å². The van der Waals surface area contributed by atoms with E-state index in [2.05, 4.69) is 31.2 Å². The maximum absolute atomic E-state index is 6.02. The van der Waals surface area contributed by atoms with E-state index in [1.54, 1.807) is 0 Å². The minimum atomic E-state index is -0.209. The minimum absolute atomic E-state index is 0.209. The molecule has 3 fully saturated rings. The summed E-state index contributed by atoms with van der Waals surface area (Å²) in [5.41, 5.74) is 2.37. The summed E-state index contributed by atoms with van der Waals surface area (Å²) in [7, 11) is 0. The second-order valence-electron chi connectivity index (χ2n) is 7.82. The molecule has 26 heavy (non-hydrogen) atoms. The fourth-order valence-corrected chi connectivity index (χ4v) is 3.92. The molecule has 4 rings (SSSR count). The first-order valence-electron chi connectivity index (χ1n) is 9.88. The molecule has 0 amide bonds. The summed E-state index contributed by atoms with van der Waals surface area (Å²) in [6, 6.07) is 8.41. The van der Waals surface area contributed by atoms with Gasteiger partial charge >= 0.3 is 0 Å². The van der Waals surface area contributed by atoms with Gasteiger partial charge in [-0.15, -0.1) is 0 Å². The van der Waals surface area contributed by atoms with Crippen molar-refractivity contribution in [2.45, 2.75) is 51.1 Å². The standard InChI is InChI=1S/C21H30O5/c1-15-2-4-17(5-3-15)21-24-10-18(11-25-21)16-6-8-19(9-7-16)26-14-22-12-20-13-23-20/h2-5,16,18-21H,6-14H2,1H3. The van der Waals surface area contributed by atoms with Crippen LogP contribution in [0.15, 0.2) is 24.3 Å². The Labute approximate surface area is 155 Å². The molecule has 1 atom stereocenters. The minimum Gasteiger partial charge on any atom is -0.371 e. The van der Waals surface area contributed by atoms with Gasteiger partial charge in [0.25, 0.3) is 0 Å². The Bertz CT molecular complexity index is 540. The van der Waals surface area contributed by atoms with Gasteiger partial charge in [0.05, 0.1) is 32.5 Å². The Hall–Kier alpha value is -0.980. The molecule has 1 aromatic carbocycles. The van der Waals surface area contributed by atoms with Crippen LogP contribution < -0.4 is 0 Å². The van der Waals surface area contributed by atoms with Crippen molar-refractivity contribution >= 4 is 0 Å². The summed E-state index contributed by atoms with van der Waals surface area (Å²) >= 11 is 0. The van der Waals surface area contributed by atoms with Crippen LogP contribution >= 0.6 is 0 Å². The molecule has 5 nitrogen and oxygen atoms in total. The maximum Gasteiger partial charge on any atom is 0.183 e. The average Bonchev–Trinajstić information content (AvgIpc) is 3.51. The molecule has 3 aliphatic rings.